The molecule has 0 saturated heterocycles. The average molecular weight is 469 g/mol. The van der Waals surface area contributed by atoms with Crippen LogP contribution in [-0.2, 0) is 6.54 Å². The minimum Gasteiger partial charge on any atom is -0.337 e. The number of halogens is 1. The highest BCUT2D eigenvalue weighted by molar-refractivity contribution is 6.30. The molecule has 1 amide bonds. The first-order valence-corrected chi connectivity index (χ1v) is 11.1. The van der Waals surface area contributed by atoms with Crippen molar-refractivity contribution in [2.24, 2.45) is 0 Å². The van der Waals surface area contributed by atoms with Crippen LogP contribution < -0.4 is 0 Å². The third-order valence-electron chi connectivity index (χ3n) is 5.48. The first kappa shape index (κ1) is 21.6. The monoisotopic (exact) mass is 468 g/mol. The zero-order valence-electron chi connectivity index (χ0n) is 18.4. The summed E-state index contributed by atoms with van der Waals surface area (Å²) in [5.41, 5.74) is 5.05. The van der Waals surface area contributed by atoms with Crippen molar-refractivity contribution in [3.8, 4) is 22.6 Å². The van der Waals surface area contributed by atoms with Crippen LogP contribution in [0.25, 0.3) is 22.6 Å². The van der Waals surface area contributed by atoms with Gasteiger partial charge in [0.05, 0.1) is 17.1 Å². The minimum absolute atomic E-state index is 0.0837. The van der Waals surface area contributed by atoms with Crippen LogP contribution in [0.5, 0.6) is 0 Å². The van der Waals surface area contributed by atoms with E-state index >= 15 is 0 Å². The highest BCUT2D eigenvalue weighted by Gasteiger charge is 2.18. The Morgan fingerprint density at radius 1 is 0.912 bits per heavy atom. The van der Waals surface area contributed by atoms with Crippen molar-refractivity contribution in [1.82, 2.24) is 29.4 Å². The van der Waals surface area contributed by atoms with Crippen LogP contribution in [0.2, 0.25) is 5.02 Å². The van der Waals surface area contributed by atoms with Gasteiger partial charge in [-0.1, -0.05) is 41.9 Å². The Bertz CT molecular complexity index is 1390. The fourth-order valence-electron chi connectivity index (χ4n) is 3.74. The number of rotatable bonds is 6. The molecule has 3 aromatic carbocycles. The molecule has 168 valence electrons. The fourth-order valence-corrected chi connectivity index (χ4v) is 3.86. The van der Waals surface area contributed by atoms with Crippen molar-refractivity contribution in [2.45, 2.75) is 6.54 Å². The van der Waals surface area contributed by atoms with Gasteiger partial charge >= 0.3 is 0 Å². The van der Waals surface area contributed by atoms with Crippen molar-refractivity contribution >= 4 is 17.5 Å². The van der Waals surface area contributed by atoms with Gasteiger partial charge in [0.25, 0.3) is 5.91 Å². The minimum atomic E-state index is -0.0837. The highest BCUT2D eigenvalue weighted by Crippen LogP contribution is 2.26. The lowest BCUT2D eigenvalue weighted by Gasteiger charge is -2.17. The Hall–Kier alpha value is -4.23. The van der Waals surface area contributed by atoms with E-state index in [0.29, 0.717) is 17.1 Å². The number of benzene rings is 3. The van der Waals surface area contributed by atoms with E-state index in [1.807, 2.05) is 77.6 Å². The molecule has 7 nitrogen and oxygen atoms in total. The number of carbonyl (C=O) groups is 1. The number of para-hydroxylation sites is 1. The molecule has 0 N–H and O–H groups in total. The van der Waals surface area contributed by atoms with E-state index in [2.05, 4.69) is 10.1 Å². The van der Waals surface area contributed by atoms with E-state index in [9.17, 15) is 4.79 Å². The molecule has 0 saturated carbocycles. The summed E-state index contributed by atoms with van der Waals surface area (Å²) in [4.78, 5) is 18.8. The van der Waals surface area contributed by atoms with E-state index in [4.69, 9.17) is 16.7 Å². The standard InChI is InChI=1S/C26H21ClN6O/c1-31(26(34)20-9-13-24(14-10-20)33-18-28-17-29-33)15-21-16-32(23-5-3-2-4-6-23)30-25(21)19-7-11-22(27)12-8-19/h2-14,16-18H,15H2,1H3. The molecule has 0 atom stereocenters. The van der Waals surface area contributed by atoms with Gasteiger partial charge in [-0.15, -0.1) is 0 Å². The Morgan fingerprint density at radius 2 is 1.62 bits per heavy atom. The fraction of sp³-hybridized carbons (Fsp3) is 0.0769. The number of aromatic nitrogens is 5. The molecule has 5 aromatic rings. The average Bonchev–Trinajstić information content (AvgIpc) is 3.56. The van der Waals surface area contributed by atoms with E-state index < -0.39 is 0 Å². The maximum atomic E-state index is 13.2. The van der Waals surface area contributed by atoms with Crippen LogP contribution in [-0.4, -0.2) is 42.4 Å². The summed E-state index contributed by atoms with van der Waals surface area (Å²) >= 11 is 6.09. The van der Waals surface area contributed by atoms with E-state index in [-0.39, 0.29) is 5.91 Å². The van der Waals surface area contributed by atoms with Crippen molar-refractivity contribution in [3.05, 3.63) is 114 Å². The molecule has 5 rings (SSSR count). The van der Waals surface area contributed by atoms with Crippen molar-refractivity contribution in [3.63, 3.8) is 0 Å². The van der Waals surface area contributed by atoms with Gasteiger partial charge < -0.3 is 4.90 Å². The number of hydrogen-bond acceptors (Lipinski definition) is 4. The SMILES string of the molecule is CN(Cc1cn(-c2ccccc2)nc1-c1ccc(Cl)cc1)C(=O)c1ccc(-n2cncn2)cc1. The molecule has 0 radical (unpaired) electrons. The van der Waals surface area contributed by atoms with Crippen LogP contribution in [0, 0.1) is 0 Å². The molecule has 34 heavy (non-hydrogen) atoms. The van der Waals surface area contributed by atoms with Crippen LogP contribution in [0.1, 0.15) is 15.9 Å². The first-order chi connectivity index (χ1) is 16.6. The smallest absolute Gasteiger partial charge is 0.253 e. The molecule has 0 aliphatic rings. The first-order valence-electron chi connectivity index (χ1n) is 10.7. The van der Waals surface area contributed by atoms with Crippen molar-refractivity contribution < 1.29 is 4.79 Å². The lowest BCUT2D eigenvalue weighted by molar-refractivity contribution is 0.0785. The molecule has 0 bridgehead atoms. The summed E-state index contributed by atoms with van der Waals surface area (Å²) in [6.45, 7) is 0.397. The van der Waals surface area contributed by atoms with Gasteiger partial charge in [-0.2, -0.15) is 10.2 Å². The van der Waals surface area contributed by atoms with Gasteiger partial charge in [0.15, 0.2) is 0 Å². The molecular formula is C26H21ClN6O. The second-order valence-corrected chi connectivity index (χ2v) is 8.27. The molecule has 2 heterocycles. The maximum absolute atomic E-state index is 13.2. The lowest BCUT2D eigenvalue weighted by atomic mass is 10.1. The molecule has 2 aromatic heterocycles. The zero-order valence-corrected chi connectivity index (χ0v) is 19.2. The largest absolute Gasteiger partial charge is 0.337 e. The number of amides is 1. The quantitative estimate of drug-likeness (QED) is 0.350. The van der Waals surface area contributed by atoms with Gasteiger partial charge in [-0.25, -0.2) is 14.3 Å². The lowest BCUT2D eigenvalue weighted by Crippen LogP contribution is -2.26. The van der Waals surface area contributed by atoms with Crippen LogP contribution >= 0.6 is 11.6 Å². The normalized spacial score (nSPS) is 10.9. The van der Waals surface area contributed by atoms with E-state index in [0.717, 1.165) is 28.2 Å². The van der Waals surface area contributed by atoms with Gasteiger partial charge in [-0.05, 0) is 48.5 Å². The molecular weight excluding hydrogens is 448 g/mol. The second-order valence-electron chi connectivity index (χ2n) is 7.84. The molecule has 8 heteroatoms. The van der Waals surface area contributed by atoms with E-state index in [1.165, 1.54) is 6.33 Å². The van der Waals surface area contributed by atoms with Gasteiger partial charge in [0.2, 0.25) is 0 Å². The third-order valence-corrected chi connectivity index (χ3v) is 5.73. The molecule has 0 aliphatic carbocycles. The maximum Gasteiger partial charge on any atom is 0.253 e. The number of nitrogens with zero attached hydrogens (tertiary/aromatic N) is 6. The zero-order chi connectivity index (χ0) is 23.5. The van der Waals surface area contributed by atoms with Crippen molar-refractivity contribution in [1.29, 1.82) is 0 Å². The molecule has 0 aliphatic heterocycles. The number of hydrogen-bond donors (Lipinski definition) is 0. The Balaban J connectivity index is 1.42. The van der Waals surface area contributed by atoms with Gasteiger partial charge in [0.1, 0.15) is 12.7 Å². The van der Waals surface area contributed by atoms with Crippen LogP contribution in [0.4, 0.5) is 0 Å². The molecule has 0 unspecified atom stereocenters. The third kappa shape index (κ3) is 4.46. The summed E-state index contributed by atoms with van der Waals surface area (Å²) in [6, 6.07) is 24.7. The predicted octanol–water partition coefficient (Wildman–Crippen LogP) is 5.05. The topological polar surface area (TPSA) is 68.8 Å². The summed E-state index contributed by atoms with van der Waals surface area (Å²) in [6.07, 6.45) is 5.06. The van der Waals surface area contributed by atoms with E-state index in [1.54, 1.807) is 35.1 Å². The van der Waals surface area contributed by atoms with Gasteiger partial charge in [-0.3, -0.25) is 4.79 Å². The van der Waals surface area contributed by atoms with Crippen LogP contribution in [0.15, 0.2) is 97.7 Å². The summed E-state index contributed by atoms with van der Waals surface area (Å²) < 4.78 is 3.48. The number of carbonyl (C=O) groups excluding carboxylic acids is 1. The summed E-state index contributed by atoms with van der Waals surface area (Å²) in [5.74, 6) is -0.0837. The summed E-state index contributed by atoms with van der Waals surface area (Å²) in [7, 11) is 1.79. The summed E-state index contributed by atoms with van der Waals surface area (Å²) in [5, 5.41) is 9.60. The molecule has 0 fully saturated rings. The second kappa shape index (κ2) is 9.33. The van der Waals surface area contributed by atoms with Gasteiger partial charge in [0, 0.05) is 41.5 Å². The Morgan fingerprint density at radius 3 is 2.29 bits per heavy atom. The van der Waals surface area contributed by atoms with Crippen LogP contribution in [0.3, 0.4) is 0 Å². The molecule has 0 spiro atoms. The predicted molar refractivity (Wildman–Crippen MR) is 131 cm³/mol. The Labute approximate surface area is 201 Å². The van der Waals surface area contributed by atoms with Crippen molar-refractivity contribution in [2.75, 3.05) is 7.05 Å². The Kier molecular flexibility index (Phi) is 5.93. The highest BCUT2D eigenvalue weighted by atomic mass is 35.5.